The van der Waals surface area contributed by atoms with E-state index in [1.165, 1.54) is 0 Å². The number of hydrogen-bond donors (Lipinski definition) is 2. The number of anilines is 1. The summed E-state index contributed by atoms with van der Waals surface area (Å²) in [6.07, 6.45) is 3.87. The van der Waals surface area contributed by atoms with Crippen LogP contribution in [0.1, 0.15) is 18.2 Å². The summed E-state index contributed by atoms with van der Waals surface area (Å²) in [6.45, 7) is 4.73. The molecular weight excluding hydrogens is 324 g/mol. The van der Waals surface area contributed by atoms with Gasteiger partial charge < -0.3 is 10.7 Å². The maximum Gasteiger partial charge on any atom is 0.142 e. The quantitative estimate of drug-likeness (QED) is 0.590. The number of aromatic nitrogens is 4. The van der Waals surface area contributed by atoms with Gasteiger partial charge in [-0.05, 0) is 26.0 Å². The Labute approximate surface area is 150 Å². The summed E-state index contributed by atoms with van der Waals surface area (Å²) >= 11 is 0. The Morgan fingerprint density at radius 3 is 2.77 bits per heavy atom. The molecule has 0 aliphatic carbocycles. The lowest BCUT2D eigenvalue weighted by Crippen LogP contribution is -1.99. The summed E-state index contributed by atoms with van der Waals surface area (Å²) in [5.74, 6) is 0.230. The third kappa shape index (κ3) is 2.42. The van der Waals surface area contributed by atoms with E-state index in [1.54, 1.807) is 0 Å². The molecule has 3 aromatic heterocycles. The number of rotatable bonds is 3. The van der Waals surface area contributed by atoms with Gasteiger partial charge in [-0.1, -0.05) is 18.2 Å². The minimum Gasteiger partial charge on any atom is -0.383 e. The molecule has 3 N–H and O–H groups in total. The maximum atomic E-state index is 9.61. The first-order valence-electron chi connectivity index (χ1n) is 8.44. The third-order valence-corrected chi connectivity index (χ3v) is 4.58. The fourth-order valence-corrected chi connectivity index (χ4v) is 3.26. The number of nitriles is 1. The van der Waals surface area contributed by atoms with Crippen LogP contribution in [0.3, 0.4) is 0 Å². The molecule has 0 aliphatic heterocycles. The van der Waals surface area contributed by atoms with Crippen molar-refractivity contribution in [2.24, 2.45) is 0 Å². The van der Waals surface area contributed by atoms with E-state index < -0.39 is 0 Å². The number of pyridine rings is 1. The molecule has 0 atom stereocenters. The Bertz CT molecular complexity index is 1160. The van der Waals surface area contributed by atoms with E-state index in [0.29, 0.717) is 5.56 Å². The normalized spacial score (nSPS) is 11.0. The molecule has 0 saturated carbocycles. The Morgan fingerprint density at radius 1 is 1.23 bits per heavy atom. The van der Waals surface area contributed by atoms with Crippen LogP contribution in [0.25, 0.3) is 33.3 Å². The van der Waals surface area contributed by atoms with Crippen LogP contribution >= 0.6 is 0 Å². The number of hydrogen-bond acceptors (Lipinski definition) is 4. The van der Waals surface area contributed by atoms with Crippen molar-refractivity contribution in [1.29, 1.82) is 5.26 Å². The molecule has 0 amide bonds. The number of aryl methyl sites for hydroxylation is 2. The van der Waals surface area contributed by atoms with E-state index in [0.717, 1.165) is 45.5 Å². The van der Waals surface area contributed by atoms with Gasteiger partial charge in [-0.3, -0.25) is 4.68 Å². The number of benzene rings is 1. The van der Waals surface area contributed by atoms with Crippen molar-refractivity contribution in [3.63, 3.8) is 0 Å². The zero-order valence-electron chi connectivity index (χ0n) is 14.6. The first-order valence-corrected chi connectivity index (χ1v) is 8.44. The fraction of sp³-hybridized carbons (Fsp3) is 0.150. The van der Waals surface area contributed by atoms with Gasteiger partial charge in [0.2, 0.25) is 0 Å². The topological polar surface area (TPSA) is 96.3 Å². The van der Waals surface area contributed by atoms with Crippen LogP contribution in [0.5, 0.6) is 0 Å². The van der Waals surface area contributed by atoms with Crippen LogP contribution in [0.2, 0.25) is 0 Å². The van der Waals surface area contributed by atoms with Gasteiger partial charge in [-0.15, -0.1) is 0 Å². The highest BCUT2D eigenvalue weighted by molar-refractivity contribution is 5.96. The smallest absolute Gasteiger partial charge is 0.142 e. The summed E-state index contributed by atoms with van der Waals surface area (Å²) in [4.78, 5) is 7.74. The van der Waals surface area contributed by atoms with Crippen LogP contribution in [-0.2, 0) is 6.54 Å². The van der Waals surface area contributed by atoms with Crippen LogP contribution in [-0.4, -0.2) is 19.7 Å². The second kappa shape index (κ2) is 6.05. The van der Waals surface area contributed by atoms with Gasteiger partial charge in [-0.2, -0.15) is 10.4 Å². The van der Waals surface area contributed by atoms with Crippen molar-refractivity contribution in [3.05, 3.63) is 54.0 Å². The van der Waals surface area contributed by atoms with Crippen molar-refractivity contribution >= 4 is 16.7 Å². The molecular formula is C20H18N6. The second-order valence-corrected chi connectivity index (χ2v) is 6.16. The van der Waals surface area contributed by atoms with Gasteiger partial charge in [0.15, 0.2) is 0 Å². The predicted molar refractivity (Wildman–Crippen MR) is 102 cm³/mol. The van der Waals surface area contributed by atoms with Gasteiger partial charge in [0.25, 0.3) is 0 Å². The minimum atomic E-state index is 0.230. The van der Waals surface area contributed by atoms with Crippen LogP contribution < -0.4 is 5.73 Å². The molecule has 6 heteroatoms. The molecule has 0 bridgehead atoms. The molecule has 0 radical (unpaired) electrons. The second-order valence-electron chi connectivity index (χ2n) is 6.16. The maximum absolute atomic E-state index is 9.61. The number of nitrogen functional groups attached to an aromatic ring is 1. The molecule has 0 unspecified atom stereocenters. The van der Waals surface area contributed by atoms with Gasteiger partial charge in [-0.25, -0.2) is 4.98 Å². The Morgan fingerprint density at radius 2 is 2.04 bits per heavy atom. The van der Waals surface area contributed by atoms with Gasteiger partial charge in [0.05, 0.1) is 11.4 Å². The molecule has 0 saturated heterocycles. The van der Waals surface area contributed by atoms with Crippen molar-refractivity contribution in [2.75, 3.05) is 5.73 Å². The largest absolute Gasteiger partial charge is 0.383 e. The summed E-state index contributed by atoms with van der Waals surface area (Å²) in [7, 11) is 0. The summed E-state index contributed by atoms with van der Waals surface area (Å²) in [6, 6.07) is 12.1. The number of nitrogens with one attached hydrogen (secondary N) is 1. The van der Waals surface area contributed by atoms with E-state index in [2.05, 4.69) is 21.1 Å². The zero-order chi connectivity index (χ0) is 18.3. The molecule has 0 fully saturated rings. The number of para-hydroxylation sites is 1. The molecule has 6 nitrogen and oxygen atoms in total. The molecule has 3 heterocycles. The SMILES string of the molecule is CCn1cc(-c2cc(-c3c[nH]c4ccccc34)nc(N)c2C#N)c(C)n1. The Hall–Kier alpha value is -3.59. The molecule has 4 aromatic rings. The number of fused-ring (bicyclic) bond motifs is 1. The van der Waals surface area contributed by atoms with E-state index in [1.807, 2.05) is 61.3 Å². The first kappa shape index (κ1) is 15.9. The summed E-state index contributed by atoms with van der Waals surface area (Å²) in [5, 5.41) is 15.2. The summed E-state index contributed by atoms with van der Waals surface area (Å²) < 4.78 is 1.85. The number of nitrogens with zero attached hydrogens (tertiary/aromatic N) is 4. The average molecular weight is 342 g/mol. The average Bonchev–Trinajstić information content (AvgIpc) is 3.24. The van der Waals surface area contributed by atoms with Gasteiger partial charge in [0.1, 0.15) is 17.5 Å². The highest BCUT2D eigenvalue weighted by Crippen LogP contribution is 2.35. The molecule has 4 rings (SSSR count). The fourth-order valence-electron chi connectivity index (χ4n) is 3.26. The van der Waals surface area contributed by atoms with Gasteiger partial charge >= 0.3 is 0 Å². The van der Waals surface area contributed by atoms with Crippen molar-refractivity contribution in [1.82, 2.24) is 19.7 Å². The van der Waals surface area contributed by atoms with Gasteiger partial charge in [0, 0.05) is 46.5 Å². The predicted octanol–water partition coefficient (Wildman–Crippen LogP) is 3.88. The molecule has 128 valence electrons. The number of H-pyrrole nitrogens is 1. The lowest BCUT2D eigenvalue weighted by atomic mass is 9.99. The van der Waals surface area contributed by atoms with Crippen LogP contribution in [0, 0.1) is 18.3 Å². The summed E-state index contributed by atoms with van der Waals surface area (Å²) in [5.41, 5.74) is 11.8. The van der Waals surface area contributed by atoms with Crippen molar-refractivity contribution in [3.8, 4) is 28.5 Å². The lowest BCUT2D eigenvalue weighted by Gasteiger charge is -2.09. The van der Waals surface area contributed by atoms with E-state index >= 15 is 0 Å². The minimum absolute atomic E-state index is 0.230. The molecule has 26 heavy (non-hydrogen) atoms. The van der Waals surface area contributed by atoms with Crippen molar-refractivity contribution < 1.29 is 0 Å². The highest BCUT2D eigenvalue weighted by atomic mass is 15.3. The monoisotopic (exact) mass is 342 g/mol. The van der Waals surface area contributed by atoms with E-state index in [-0.39, 0.29) is 5.82 Å². The van der Waals surface area contributed by atoms with E-state index in [9.17, 15) is 5.26 Å². The standard InChI is InChI=1S/C20H18N6/c1-3-26-11-17(12(2)25-26)14-8-19(24-20(22)15(14)9-21)16-10-23-18-7-5-4-6-13(16)18/h4-8,10-11,23H,3H2,1-2H3,(H2,22,24). The third-order valence-electron chi connectivity index (χ3n) is 4.58. The Kier molecular flexibility index (Phi) is 3.70. The van der Waals surface area contributed by atoms with E-state index in [4.69, 9.17) is 5.73 Å². The van der Waals surface area contributed by atoms with Crippen LogP contribution in [0.4, 0.5) is 5.82 Å². The zero-order valence-corrected chi connectivity index (χ0v) is 14.6. The highest BCUT2D eigenvalue weighted by Gasteiger charge is 2.18. The lowest BCUT2D eigenvalue weighted by molar-refractivity contribution is 0.653. The molecule has 0 aliphatic rings. The number of nitrogens with two attached hydrogens (primary N) is 1. The van der Waals surface area contributed by atoms with Crippen molar-refractivity contribution in [2.45, 2.75) is 20.4 Å². The molecule has 1 aromatic carbocycles. The van der Waals surface area contributed by atoms with Crippen LogP contribution in [0.15, 0.2) is 42.7 Å². The molecule has 0 spiro atoms. The Balaban J connectivity index is 1.98. The number of aromatic amines is 1. The first-order chi connectivity index (χ1) is 12.6.